The molecule has 0 bridgehead atoms. The molecule has 2 atom stereocenters. The number of halogens is 2. The molecular formula is C5H8F2. The molecule has 0 radical (unpaired) electrons. The highest BCUT2D eigenvalue weighted by Crippen LogP contribution is 2.54. The fourth-order valence-corrected chi connectivity index (χ4v) is 0.674. The molecule has 0 nitrogen and oxygen atoms in total. The summed E-state index contributed by atoms with van der Waals surface area (Å²) in [5.41, 5.74) is 0. The van der Waals surface area contributed by atoms with E-state index in [4.69, 9.17) is 0 Å². The number of alkyl halides is 2. The Labute approximate surface area is 41.5 Å². The van der Waals surface area contributed by atoms with Crippen LogP contribution in [0.3, 0.4) is 0 Å². The molecule has 0 aromatic heterocycles. The predicted octanol–water partition coefficient (Wildman–Crippen LogP) is 1.91. The van der Waals surface area contributed by atoms with E-state index in [-0.39, 0.29) is 11.8 Å². The predicted molar refractivity (Wildman–Crippen MR) is 23.3 cm³/mol. The Balaban J connectivity index is 2.52. The van der Waals surface area contributed by atoms with Gasteiger partial charge in [0.05, 0.1) is 0 Å². The average molecular weight is 106 g/mol. The Bertz CT molecular complexity index is 78.1. The van der Waals surface area contributed by atoms with Gasteiger partial charge < -0.3 is 0 Å². The highest BCUT2D eigenvalue weighted by Gasteiger charge is 2.62. The standard InChI is InChI=1S/C5H8F2/c1-3-4(2)5(3,6)7/h3-4H,1-2H3/t3-,4-/m0/s1. The van der Waals surface area contributed by atoms with Crippen LogP contribution in [0.5, 0.6) is 0 Å². The third-order valence-electron chi connectivity index (χ3n) is 1.86. The number of hydrogen-bond donors (Lipinski definition) is 0. The van der Waals surface area contributed by atoms with Crippen molar-refractivity contribution in [3.63, 3.8) is 0 Å². The van der Waals surface area contributed by atoms with Crippen LogP contribution in [0.15, 0.2) is 0 Å². The topological polar surface area (TPSA) is 0 Å². The average Bonchev–Trinajstić information content (AvgIpc) is 1.91. The first-order chi connectivity index (χ1) is 3.07. The zero-order valence-corrected chi connectivity index (χ0v) is 4.41. The van der Waals surface area contributed by atoms with Gasteiger partial charge in [0.1, 0.15) is 0 Å². The molecule has 0 unspecified atom stereocenters. The molecule has 2 heteroatoms. The second-order valence-corrected chi connectivity index (χ2v) is 2.25. The molecule has 1 aliphatic carbocycles. The number of hydrogen-bond acceptors (Lipinski definition) is 0. The molecule has 7 heavy (non-hydrogen) atoms. The fourth-order valence-electron chi connectivity index (χ4n) is 0.674. The minimum Gasteiger partial charge on any atom is -0.206 e. The second-order valence-electron chi connectivity index (χ2n) is 2.25. The zero-order chi connectivity index (χ0) is 5.65. The molecule has 0 spiro atoms. The van der Waals surface area contributed by atoms with Crippen molar-refractivity contribution in [1.82, 2.24) is 0 Å². The lowest BCUT2D eigenvalue weighted by Gasteiger charge is -1.84. The normalized spacial score (nSPS) is 46.3. The summed E-state index contributed by atoms with van der Waals surface area (Å²) in [7, 11) is 0. The minimum absolute atomic E-state index is 0.368. The van der Waals surface area contributed by atoms with E-state index < -0.39 is 5.92 Å². The van der Waals surface area contributed by atoms with Crippen molar-refractivity contribution in [1.29, 1.82) is 0 Å². The molecule has 0 heterocycles. The lowest BCUT2D eigenvalue weighted by molar-refractivity contribution is 0.0892. The van der Waals surface area contributed by atoms with Gasteiger partial charge in [-0.05, 0) is 0 Å². The maximum atomic E-state index is 11.9. The SMILES string of the molecule is C[C@H]1[C@H](C)C1(F)F. The molecule has 0 amide bonds. The lowest BCUT2D eigenvalue weighted by Crippen LogP contribution is -1.90. The van der Waals surface area contributed by atoms with Crippen LogP contribution in [0.25, 0.3) is 0 Å². The van der Waals surface area contributed by atoms with Gasteiger partial charge in [-0.25, -0.2) is 8.78 Å². The van der Waals surface area contributed by atoms with E-state index in [1.54, 1.807) is 13.8 Å². The van der Waals surface area contributed by atoms with Crippen LogP contribution in [-0.2, 0) is 0 Å². The van der Waals surface area contributed by atoms with Crippen LogP contribution >= 0.6 is 0 Å². The van der Waals surface area contributed by atoms with Crippen LogP contribution in [0.1, 0.15) is 13.8 Å². The first-order valence-corrected chi connectivity index (χ1v) is 2.44. The van der Waals surface area contributed by atoms with Crippen molar-refractivity contribution in [2.75, 3.05) is 0 Å². The molecule has 0 N–H and O–H groups in total. The molecule has 1 aliphatic rings. The summed E-state index contributed by atoms with van der Waals surface area (Å²) in [5.74, 6) is -3.07. The summed E-state index contributed by atoms with van der Waals surface area (Å²) in [6.07, 6.45) is 0. The van der Waals surface area contributed by atoms with Crippen molar-refractivity contribution in [3.05, 3.63) is 0 Å². The Hall–Kier alpha value is -0.140. The quantitative estimate of drug-likeness (QED) is 0.442. The van der Waals surface area contributed by atoms with Crippen molar-refractivity contribution in [2.24, 2.45) is 11.8 Å². The van der Waals surface area contributed by atoms with E-state index in [1.807, 2.05) is 0 Å². The highest BCUT2D eigenvalue weighted by molar-refractivity contribution is 4.99. The molecule has 1 rings (SSSR count). The van der Waals surface area contributed by atoms with E-state index >= 15 is 0 Å². The Morgan fingerprint density at radius 3 is 1.29 bits per heavy atom. The molecular weight excluding hydrogens is 98.1 g/mol. The van der Waals surface area contributed by atoms with Gasteiger partial charge in [-0.15, -0.1) is 0 Å². The van der Waals surface area contributed by atoms with E-state index in [2.05, 4.69) is 0 Å². The summed E-state index contributed by atoms with van der Waals surface area (Å²) in [4.78, 5) is 0. The Kier molecular flexibility index (Phi) is 0.704. The largest absolute Gasteiger partial charge is 0.254 e. The molecule has 0 aliphatic heterocycles. The Morgan fingerprint density at radius 1 is 1.14 bits per heavy atom. The molecule has 0 saturated heterocycles. The van der Waals surface area contributed by atoms with Gasteiger partial charge in [0.25, 0.3) is 5.92 Å². The van der Waals surface area contributed by atoms with E-state index in [1.165, 1.54) is 0 Å². The van der Waals surface area contributed by atoms with Gasteiger partial charge in [-0.3, -0.25) is 0 Å². The zero-order valence-electron chi connectivity index (χ0n) is 4.41. The second kappa shape index (κ2) is 0.984. The summed E-state index contributed by atoms with van der Waals surface area (Å²) < 4.78 is 23.8. The first kappa shape index (κ1) is 5.01. The van der Waals surface area contributed by atoms with Gasteiger partial charge in [0.2, 0.25) is 0 Å². The van der Waals surface area contributed by atoms with Crippen molar-refractivity contribution < 1.29 is 8.78 Å². The van der Waals surface area contributed by atoms with Crippen LogP contribution < -0.4 is 0 Å². The monoisotopic (exact) mass is 106 g/mol. The van der Waals surface area contributed by atoms with Crippen molar-refractivity contribution in [3.8, 4) is 0 Å². The van der Waals surface area contributed by atoms with Crippen LogP contribution in [0.2, 0.25) is 0 Å². The maximum Gasteiger partial charge on any atom is 0.254 e. The smallest absolute Gasteiger partial charge is 0.206 e. The van der Waals surface area contributed by atoms with Gasteiger partial charge in [-0.2, -0.15) is 0 Å². The van der Waals surface area contributed by atoms with Gasteiger partial charge in [-0.1, -0.05) is 13.8 Å². The fraction of sp³-hybridized carbons (Fsp3) is 1.00. The van der Waals surface area contributed by atoms with Crippen LogP contribution in [-0.4, -0.2) is 5.92 Å². The molecule has 1 saturated carbocycles. The summed E-state index contributed by atoms with van der Waals surface area (Å²) in [5, 5.41) is 0. The lowest BCUT2D eigenvalue weighted by atomic mass is 10.4. The summed E-state index contributed by atoms with van der Waals surface area (Å²) in [6.45, 7) is 3.15. The van der Waals surface area contributed by atoms with E-state index in [0.717, 1.165) is 0 Å². The molecule has 42 valence electrons. The summed E-state index contributed by atoms with van der Waals surface area (Å²) >= 11 is 0. The van der Waals surface area contributed by atoms with Crippen LogP contribution in [0, 0.1) is 11.8 Å². The van der Waals surface area contributed by atoms with Gasteiger partial charge >= 0.3 is 0 Å². The minimum atomic E-state index is -2.33. The first-order valence-electron chi connectivity index (χ1n) is 2.44. The summed E-state index contributed by atoms with van der Waals surface area (Å²) in [6, 6.07) is 0. The van der Waals surface area contributed by atoms with E-state index in [0.29, 0.717) is 0 Å². The Morgan fingerprint density at radius 2 is 1.29 bits per heavy atom. The highest BCUT2D eigenvalue weighted by atomic mass is 19.3. The number of rotatable bonds is 0. The molecule has 1 fully saturated rings. The van der Waals surface area contributed by atoms with Crippen molar-refractivity contribution in [2.45, 2.75) is 19.8 Å². The van der Waals surface area contributed by atoms with Gasteiger partial charge in [0, 0.05) is 11.8 Å². The third-order valence-corrected chi connectivity index (χ3v) is 1.86. The van der Waals surface area contributed by atoms with Gasteiger partial charge in [0.15, 0.2) is 0 Å². The maximum absolute atomic E-state index is 11.9. The molecule has 0 aromatic carbocycles. The van der Waals surface area contributed by atoms with Crippen molar-refractivity contribution >= 4 is 0 Å². The molecule has 0 aromatic rings. The third kappa shape index (κ3) is 0.455. The van der Waals surface area contributed by atoms with E-state index in [9.17, 15) is 8.78 Å². The van der Waals surface area contributed by atoms with Crippen LogP contribution in [0.4, 0.5) is 8.78 Å².